The molecule has 98 valence electrons. The average Bonchev–Trinajstić information content (AvgIpc) is 2.37. The number of unbranched alkanes of at least 4 members (excludes halogenated alkanes) is 1. The third kappa shape index (κ3) is 5.27. The second kappa shape index (κ2) is 7.82. The number of hydrogen-bond donors (Lipinski definition) is 2. The molecule has 2 N–H and O–H groups in total. The molecule has 4 heteroatoms. The van der Waals surface area contributed by atoms with E-state index in [0.29, 0.717) is 5.11 Å². The van der Waals surface area contributed by atoms with E-state index < -0.39 is 0 Å². The number of nitrogens with zero attached hydrogens (tertiary/aromatic N) is 1. The fourth-order valence-electron chi connectivity index (χ4n) is 1.41. The molecule has 0 saturated carbocycles. The van der Waals surface area contributed by atoms with Crippen LogP contribution >= 0.6 is 12.2 Å². The van der Waals surface area contributed by atoms with Crippen LogP contribution < -0.4 is 10.7 Å². The van der Waals surface area contributed by atoms with Gasteiger partial charge in [0.25, 0.3) is 0 Å². The van der Waals surface area contributed by atoms with E-state index in [4.69, 9.17) is 12.2 Å². The van der Waals surface area contributed by atoms with Crippen LogP contribution in [-0.4, -0.2) is 17.4 Å². The lowest BCUT2D eigenvalue weighted by Gasteiger charge is -2.07. The van der Waals surface area contributed by atoms with Gasteiger partial charge in [-0.25, -0.2) is 0 Å². The summed E-state index contributed by atoms with van der Waals surface area (Å²) in [5.74, 6) is 0. The highest BCUT2D eigenvalue weighted by molar-refractivity contribution is 7.80. The van der Waals surface area contributed by atoms with Crippen molar-refractivity contribution in [3.05, 3.63) is 35.4 Å². The van der Waals surface area contributed by atoms with Crippen molar-refractivity contribution in [3.8, 4) is 0 Å². The standard InChI is InChI=1S/C14H21N3S/c1-4-5-10-15-14(18)17-16-12(3)13-8-6-11(2)7-9-13/h6-9H,4-5,10H2,1-3H3,(H2,15,17,18)/b16-12-. The Kier molecular flexibility index (Phi) is 6.36. The minimum absolute atomic E-state index is 0.579. The molecule has 0 heterocycles. The van der Waals surface area contributed by atoms with Crippen molar-refractivity contribution in [2.45, 2.75) is 33.6 Å². The van der Waals surface area contributed by atoms with E-state index in [0.717, 1.165) is 30.7 Å². The van der Waals surface area contributed by atoms with Gasteiger partial charge in [0.2, 0.25) is 0 Å². The maximum absolute atomic E-state index is 5.13. The Hall–Kier alpha value is -1.42. The first-order valence-corrected chi connectivity index (χ1v) is 6.69. The van der Waals surface area contributed by atoms with Gasteiger partial charge in [0.15, 0.2) is 5.11 Å². The minimum atomic E-state index is 0.579. The van der Waals surface area contributed by atoms with Crippen molar-refractivity contribution in [1.82, 2.24) is 10.7 Å². The summed E-state index contributed by atoms with van der Waals surface area (Å²) in [4.78, 5) is 0. The molecule has 0 saturated heterocycles. The van der Waals surface area contributed by atoms with Crippen LogP contribution in [0.2, 0.25) is 0 Å². The summed E-state index contributed by atoms with van der Waals surface area (Å²) < 4.78 is 0. The van der Waals surface area contributed by atoms with Crippen molar-refractivity contribution in [2.75, 3.05) is 6.54 Å². The zero-order chi connectivity index (χ0) is 13.4. The average molecular weight is 263 g/mol. The molecule has 0 atom stereocenters. The second-order valence-corrected chi connectivity index (χ2v) is 4.69. The van der Waals surface area contributed by atoms with Crippen LogP contribution in [-0.2, 0) is 0 Å². The first-order valence-electron chi connectivity index (χ1n) is 6.28. The van der Waals surface area contributed by atoms with Gasteiger partial charge in [0, 0.05) is 6.54 Å². The Labute approximate surface area is 115 Å². The Morgan fingerprint density at radius 3 is 2.56 bits per heavy atom. The maximum atomic E-state index is 5.13. The predicted molar refractivity (Wildman–Crippen MR) is 82.0 cm³/mol. The summed E-state index contributed by atoms with van der Waals surface area (Å²) in [6.07, 6.45) is 2.27. The molecule has 0 radical (unpaired) electrons. The highest BCUT2D eigenvalue weighted by atomic mass is 32.1. The van der Waals surface area contributed by atoms with Crippen LogP contribution in [0.3, 0.4) is 0 Å². The molecule has 0 aliphatic carbocycles. The molecular weight excluding hydrogens is 242 g/mol. The molecular formula is C14H21N3S. The summed E-state index contributed by atoms with van der Waals surface area (Å²) in [7, 11) is 0. The highest BCUT2D eigenvalue weighted by Gasteiger charge is 1.97. The molecule has 0 aromatic heterocycles. The lowest BCUT2D eigenvalue weighted by Crippen LogP contribution is -2.33. The van der Waals surface area contributed by atoms with Crippen LogP contribution in [0.25, 0.3) is 0 Å². The quantitative estimate of drug-likeness (QED) is 0.371. The maximum Gasteiger partial charge on any atom is 0.186 e. The van der Waals surface area contributed by atoms with Gasteiger partial charge >= 0.3 is 0 Å². The molecule has 1 aromatic rings. The number of benzene rings is 1. The predicted octanol–water partition coefficient (Wildman–Crippen LogP) is 2.98. The second-order valence-electron chi connectivity index (χ2n) is 4.28. The van der Waals surface area contributed by atoms with Crippen molar-refractivity contribution in [1.29, 1.82) is 0 Å². The van der Waals surface area contributed by atoms with E-state index >= 15 is 0 Å². The lowest BCUT2D eigenvalue weighted by atomic mass is 10.1. The van der Waals surface area contributed by atoms with Crippen molar-refractivity contribution < 1.29 is 0 Å². The van der Waals surface area contributed by atoms with Crippen LogP contribution in [0.15, 0.2) is 29.4 Å². The summed E-state index contributed by atoms with van der Waals surface area (Å²) in [5, 5.41) is 7.96. The zero-order valence-corrected chi connectivity index (χ0v) is 12.1. The molecule has 0 unspecified atom stereocenters. The summed E-state index contributed by atoms with van der Waals surface area (Å²) in [6.45, 7) is 7.08. The Bertz CT molecular complexity index is 410. The van der Waals surface area contributed by atoms with Gasteiger partial charge in [0.1, 0.15) is 0 Å². The number of hydrogen-bond acceptors (Lipinski definition) is 2. The van der Waals surface area contributed by atoms with E-state index in [-0.39, 0.29) is 0 Å². The van der Waals surface area contributed by atoms with Gasteiger partial charge in [-0.3, -0.25) is 5.43 Å². The van der Waals surface area contributed by atoms with Crippen molar-refractivity contribution in [3.63, 3.8) is 0 Å². The Balaban J connectivity index is 2.46. The molecule has 0 aliphatic rings. The number of thiocarbonyl (C=S) groups is 1. The van der Waals surface area contributed by atoms with E-state index in [2.05, 4.69) is 54.0 Å². The van der Waals surface area contributed by atoms with Crippen LogP contribution in [0.1, 0.15) is 37.8 Å². The van der Waals surface area contributed by atoms with E-state index in [1.165, 1.54) is 5.56 Å². The molecule has 0 aliphatic heterocycles. The molecule has 0 fully saturated rings. The fraction of sp³-hybridized carbons (Fsp3) is 0.429. The fourth-order valence-corrected chi connectivity index (χ4v) is 1.56. The molecule has 1 aromatic carbocycles. The first kappa shape index (κ1) is 14.6. The highest BCUT2D eigenvalue weighted by Crippen LogP contribution is 2.04. The van der Waals surface area contributed by atoms with Crippen LogP contribution in [0, 0.1) is 6.92 Å². The van der Waals surface area contributed by atoms with Gasteiger partial charge < -0.3 is 5.32 Å². The topological polar surface area (TPSA) is 36.4 Å². The summed E-state index contributed by atoms with van der Waals surface area (Å²) >= 11 is 5.13. The van der Waals surface area contributed by atoms with Crippen LogP contribution in [0.4, 0.5) is 0 Å². The largest absolute Gasteiger partial charge is 0.361 e. The minimum Gasteiger partial charge on any atom is -0.361 e. The number of rotatable bonds is 5. The van der Waals surface area contributed by atoms with Gasteiger partial charge in [-0.2, -0.15) is 5.10 Å². The van der Waals surface area contributed by atoms with Gasteiger partial charge in [-0.1, -0.05) is 43.2 Å². The molecule has 3 nitrogen and oxygen atoms in total. The van der Waals surface area contributed by atoms with E-state index in [1.54, 1.807) is 0 Å². The van der Waals surface area contributed by atoms with Crippen molar-refractivity contribution in [2.24, 2.45) is 5.10 Å². The number of nitrogens with one attached hydrogen (secondary N) is 2. The van der Waals surface area contributed by atoms with Gasteiger partial charge in [-0.05, 0) is 38.0 Å². The monoisotopic (exact) mass is 263 g/mol. The Morgan fingerprint density at radius 1 is 1.28 bits per heavy atom. The lowest BCUT2D eigenvalue weighted by molar-refractivity contribution is 0.745. The third-order valence-corrected chi connectivity index (χ3v) is 2.85. The van der Waals surface area contributed by atoms with Crippen molar-refractivity contribution >= 4 is 23.0 Å². The number of aryl methyl sites for hydroxylation is 1. The molecule has 0 amide bonds. The summed E-state index contributed by atoms with van der Waals surface area (Å²) in [5.41, 5.74) is 6.14. The van der Waals surface area contributed by atoms with Crippen LogP contribution in [0.5, 0.6) is 0 Å². The van der Waals surface area contributed by atoms with E-state index in [1.807, 2.05) is 6.92 Å². The molecule has 0 bridgehead atoms. The normalized spacial score (nSPS) is 11.2. The summed E-state index contributed by atoms with van der Waals surface area (Å²) in [6, 6.07) is 8.27. The zero-order valence-electron chi connectivity index (χ0n) is 11.3. The first-order chi connectivity index (χ1) is 8.63. The molecule has 0 spiro atoms. The van der Waals surface area contributed by atoms with Gasteiger partial charge in [-0.15, -0.1) is 0 Å². The third-order valence-electron chi connectivity index (χ3n) is 2.61. The van der Waals surface area contributed by atoms with Gasteiger partial charge in [0.05, 0.1) is 5.71 Å². The molecule has 18 heavy (non-hydrogen) atoms. The Morgan fingerprint density at radius 2 is 1.94 bits per heavy atom. The SMILES string of the molecule is CCCCNC(=S)N/N=C(/C)c1ccc(C)cc1. The molecule has 1 rings (SSSR count). The number of hydrazone groups is 1. The smallest absolute Gasteiger partial charge is 0.186 e. The van der Waals surface area contributed by atoms with E-state index in [9.17, 15) is 0 Å².